The lowest BCUT2D eigenvalue weighted by molar-refractivity contribution is -0.921. The van der Waals surface area contributed by atoms with E-state index in [1.165, 1.54) is 17.6 Å². The molecule has 0 spiro atoms. The maximum absolute atomic E-state index is 11.8. The minimum Gasteiger partial charge on any atom is -0.468 e. The first-order chi connectivity index (χ1) is 12.0. The molecule has 9 heteroatoms. The summed E-state index contributed by atoms with van der Waals surface area (Å²) in [4.78, 5) is 13.0. The van der Waals surface area contributed by atoms with E-state index in [1.54, 1.807) is 21.1 Å². The summed E-state index contributed by atoms with van der Waals surface area (Å²) < 4.78 is 8.85. The number of aromatic nitrogens is 4. The molecule has 25 heavy (non-hydrogen) atoms. The van der Waals surface area contributed by atoms with Crippen molar-refractivity contribution in [3.8, 4) is 5.69 Å². The van der Waals surface area contributed by atoms with Crippen LogP contribution < -0.4 is 4.90 Å². The van der Waals surface area contributed by atoms with Crippen molar-refractivity contribution in [2.24, 2.45) is 0 Å². The summed E-state index contributed by atoms with van der Waals surface area (Å²) in [6.07, 6.45) is 0. The molecular formula is C16H22N5O2S2+. The lowest BCUT2D eigenvalue weighted by Crippen LogP contribution is -3.14. The fourth-order valence-electron chi connectivity index (χ4n) is 2.97. The summed E-state index contributed by atoms with van der Waals surface area (Å²) in [5, 5.41) is 8.32. The Hall–Kier alpha value is -1.71. The van der Waals surface area contributed by atoms with Crippen LogP contribution in [0.4, 0.5) is 0 Å². The van der Waals surface area contributed by atoms with E-state index in [-0.39, 0.29) is 11.2 Å². The predicted octanol–water partition coefficient (Wildman–Crippen LogP) is 0.546. The van der Waals surface area contributed by atoms with Gasteiger partial charge in [-0.05, 0) is 48.1 Å². The van der Waals surface area contributed by atoms with E-state index >= 15 is 0 Å². The molecule has 134 valence electrons. The van der Waals surface area contributed by atoms with E-state index in [4.69, 9.17) is 17.0 Å². The fraction of sp³-hybridized carbons (Fsp3) is 0.500. The molecule has 1 aromatic carbocycles. The molecule has 0 amide bonds. The summed E-state index contributed by atoms with van der Waals surface area (Å²) in [5.74, 6) is 0.748. The number of aryl methyl sites for hydroxylation is 2. The third kappa shape index (κ3) is 3.94. The number of hydrogen-bond acceptors (Lipinski definition) is 6. The van der Waals surface area contributed by atoms with Gasteiger partial charge in [0.05, 0.1) is 19.3 Å². The Labute approximate surface area is 155 Å². The third-order valence-electron chi connectivity index (χ3n) is 4.31. The lowest BCUT2D eigenvalue weighted by atomic mass is 10.1. The van der Waals surface area contributed by atoms with Gasteiger partial charge in [-0.3, -0.25) is 4.79 Å². The van der Waals surface area contributed by atoms with E-state index in [2.05, 4.69) is 23.4 Å². The van der Waals surface area contributed by atoms with Gasteiger partial charge in [-0.25, -0.2) is 0 Å². The molecule has 1 saturated heterocycles. The number of nitrogens with one attached hydrogen (secondary N) is 1. The standard InChI is InChI=1S/C16H21N5O2S2/c1-11-4-5-13(12(2)8-11)21-16(24)20(17-18-21)10-19-6-7-25-14(9-19)15(22)23-3/h4-5,8,14H,6-7,9-10H2,1-3H3/p+1/t14-/m1/s1. The highest BCUT2D eigenvalue weighted by atomic mass is 32.2. The Bertz CT molecular complexity index is 832. The molecule has 1 fully saturated rings. The van der Waals surface area contributed by atoms with E-state index < -0.39 is 0 Å². The molecule has 2 aromatic rings. The Morgan fingerprint density at radius 1 is 1.44 bits per heavy atom. The van der Waals surface area contributed by atoms with E-state index in [1.807, 2.05) is 19.1 Å². The first kappa shape index (κ1) is 18.1. The minimum absolute atomic E-state index is 0.127. The molecule has 2 atom stereocenters. The highest BCUT2D eigenvalue weighted by molar-refractivity contribution is 8.00. The van der Waals surface area contributed by atoms with Gasteiger partial charge in [-0.2, -0.15) is 9.36 Å². The normalized spacial score (nSPS) is 20.4. The third-order valence-corrected chi connectivity index (χ3v) is 5.89. The SMILES string of the molecule is COC(=O)[C@H]1C[NH+](Cn2nnn(-c3ccc(C)cc3C)c2=S)CCS1. The van der Waals surface area contributed by atoms with Gasteiger partial charge in [0, 0.05) is 5.75 Å². The summed E-state index contributed by atoms with van der Waals surface area (Å²) in [6, 6.07) is 6.15. The summed E-state index contributed by atoms with van der Waals surface area (Å²) >= 11 is 7.21. The van der Waals surface area contributed by atoms with Gasteiger partial charge in [-0.15, -0.1) is 11.8 Å². The number of carbonyl (C=O) groups excluding carboxylic acids is 1. The Kier molecular flexibility index (Phi) is 5.55. The van der Waals surface area contributed by atoms with Gasteiger partial charge >= 0.3 is 5.97 Å². The molecule has 0 aliphatic carbocycles. The smallest absolute Gasteiger partial charge is 0.324 e. The monoisotopic (exact) mass is 380 g/mol. The van der Waals surface area contributed by atoms with Crippen molar-refractivity contribution >= 4 is 29.9 Å². The summed E-state index contributed by atoms with van der Waals surface area (Å²) in [5.41, 5.74) is 3.25. The molecular weight excluding hydrogens is 358 g/mol. The average Bonchev–Trinajstić information content (AvgIpc) is 2.95. The largest absolute Gasteiger partial charge is 0.468 e. The Balaban J connectivity index is 1.77. The van der Waals surface area contributed by atoms with Gasteiger partial charge in [0.1, 0.15) is 6.54 Å². The summed E-state index contributed by atoms with van der Waals surface area (Å²) in [6.45, 7) is 6.35. The molecule has 1 N–H and O–H groups in total. The quantitative estimate of drug-likeness (QED) is 0.617. The zero-order chi connectivity index (χ0) is 18.0. The Morgan fingerprint density at radius 2 is 2.24 bits per heavy atom. The number of methoxy groups -OCH3 is 1. The predicted molar refractivity (Wildman–Crippen MR) is 98.6 cm³/mol. The lowest BCUT2D eigenvalue weighted by Gasteiger charge is -2.27. The van der Waals surface area contributed by atoms with Crippen molar-refractivity contribution in [1.82, 2.24) is 19.8 Å². The second kappa shape index (κ2) is 7.67. The van der Waals surface area contributed by atoms with Crippen LogP contribution in [0.2, 0.25) is 0 Å². The molecule has 1 aromatic heterocycles. The van der Waals surface area contributed by atoms with Gasteiger partial charge in [0.2, 0.25) is 4.77 Å². The van der Waals surface area contributed by atoms with E-state index in [0.717, 1.165) is 23.5 Å². The molecule has 1 aliphatic heterocycles. The average molecular weight is 381 g/mol. The summed E-state index contributed by atoms with van der Waals surface area (Å²) in [7, 11) is 1.43. The topological polar surface area (TPSA) is 66.4 Å². The second-order valence-corrected chi connectivity index (χ2v) is 7.88. The van der Waals surface area contributed by atoms with Crippen LogP contribution in [0.1, 0.15) is 11.1 Å². The highest BCUT2D eigenvalue weighted by Crippen LogP contribution is 2.15. The van der Waals surface area contributed by atoms with Gasteiger partial charge < -0.3 is 9.64 Å². The van der Waals surface area contributed by atoms with Crippen molar-refractivity contribution in [2.75, 3.05) is 26.0 Å². The van der Waals surface area contributed by atoms with Crippen LogP contribution in [0, 0.1) is 18.6 Å². The van der Waals surface area contributed by atoms with Crippen molar-refractivity contribution < 1.29 is 14.4 Å². The van der Waals surface area contributed by atoms with Crippen LogP contribution in [0.3, 0.4) is 0 Å². The maximum atomic E-state index is 11.8. The van der Waals surface area contributed by atoms with Gasteiger partial charge in [0.25, 0.3) is 0 Å². The van der Waals surface area contributed by atoms with Crippen molar-refractivity contribution in [1.29, 1.82) is 0 Å². The number of quaternary nitrogens is 1. The van der Waals surface area contributed by atoms with Crippen LogP contribution in [-0.2, 0) is 16.2 Å². The first-order valence-corrected chi connectivity index (χ1v) is 9.58. The number of nitrogens with zero attached hydrogens (tertiary/aromatic N) is 4. The van der Waals surface area contributed by atoms with Crippen LogP contribution in [-0.4, -0.2) is 57.0 Å². The number of tetrazole rings is 1. The minimum atomic E-state index is -0.162. The number of carbonyl (C=O) groups is 1. The number of hydrogen-bond donors (Lipinski definition) is 1. The van der Waals surface area contributed by atoms with E-state index in [9.17, 15) is 4.79 Å². The first-order valence-electron chi connectivity index (χ1n) is 8.13. The zero-order valence-corrected chi connectivity index (χ0v) is 16.2. The van der Waals surface area contributed by atoms with Crippen molar-refractivity contribution in [2.45, 2.75) is 25.8 Å². The Morgan fingerprint density at radius 3 is 2.96 bits per heavy atom. The molecule has 3 rings (SSSR count). The van der Waals surface area contributed by atoms with Crippen LogP contribution in [0.5, 0.6) is 0 Å². The van der Waals surface area contributed by atoms with Crippen LogP contribution in [0.25, 0.3) is 5.69 Å². The zero-order valence-electron chi connectivity index (χ0n) is 14.6. The van der Waals surface area contributed by atoms with E-state index in [0.29, 0.717) is 18.0 Å². The van der Waals surface area contributed by atoms with Crippen molar-refractivity contribution in [3.63, 3.8) is 0 Å². The molecule has 0 saturated carbocycles. The number of thioether (sulfide) groups is 1. The molecule has 2 heterocycles. The van der Waals surface area contributed by atoms with Crippen LogP contribution >= 0.6 is 24.0 Å². The number of esters is 1. The van der Waals surface area contributed by atoms with Crippen LogP contribution in [0.15, 0.2) is 18.2 Å². The molecule has 1 aliphatic rings. The fourth-order valence-corrected chi connectivity index (χ4v) is 4.49. The van der Waals surface area contributed by atoms with Crippen molar-refractivity contribution in [3.05, 3.63) is 34.1 Å². The number of rotatable bonds is 4. The molecule has 1 unspecified atom stereocenters. The second-order valence-electron chi connectivity index (χ2n) is 6.21. The van der Waals surface area contributed by atoms with Gasteiger partial charge in [0.15, 0.2) is 11.9 Å². The molecule has 0 radical (unpaired) electrons. The number of ether oxygens (including phenoxy) is 1. The molecule has 0 bridgehead atoms. The molecule has 7 nitrogen and oxygen atoms in total. The number of benzene rings is 1. The maximum Gasteiger partial charge on any atom is 0.324 e. The highest BCUT2D eigenvalue weighted by Gasteiger charge is 2.30. The van der Waals surface area contributed by atoms with Gasteiger partial charge in [-0.1, -0.05) is 17.7 Å².